The molecule has 1 rings (SSSR count). The van der Waals surface area contributed by atoms with Gasteiger partial charge in [-0.3, -0.25) is 0 Å². The zero-order valence-electron chi connectivity index (χ0n) is 25.1. The molecule has 39 heavy (non-hydrogen) atoms. The summed E-state index contributed by atoms with van der Waals surface area (Å²) in [5.41, 5.74) is 0. The van der Waals surface area contributed by atoms with Crippen molar-refractivity contribution in [1.29, 1.82) is 0 Å². The highest BCUT2D eigenvalue weighted by atomic mass is 16.5. The van der Waals surface area contributed by atoms with Gasteiger partial charge in [-0.15, -0.1) is 0 Å². The molecule has 7 heteroatoms. The molecule has 1 saturated heterocycles. The van der Waals surface area contributed by atoms with E-state index in [9.17, 15) is 30.6 Å². The zero-order valence-corrected chi connectivity index (χ0v) is 25.1. The van der Waals surface area contributed by atoms with Gasteiger partial charge >= 0.3 is 0 Å². The smallest absolute Gasteiger partial charge is 0.111 e. The second kappa shape index (κ2) is 24.3. The lowest BCUT2D eigenvalue weighted by atomic mass is 9.91. The van der Waals surface area contributed by atoms with Crippen LogP contribution in [0.4, 0.5) is 0 Å². The Balaban J connectivity index is 1.81. The van der Waals surface area contributed by atoms with E-state index < -0.39 is 43.2 Å². The van der Waals surface area contributed by atoms with Crippen LogP contribution in [0.25, 0.3) is 0 Å². The van der Waals surface area contributed by atoms with Crippen molar-refractivity contribution < 1.29 is 35.4 Å². The van der Waals surface area contributed by atoms with E-state index >= 15 is 0 Å². The van der Waals surface area contributed by atoms with Gasteiger partial charge in [0.25, 0.3) is 0 Å². The van der Waals surface area contributed by atoms with Gasteiger partial charge < -0.3 is 35.4 Å². The van der Waals surface area contributed by atoms with E-state index in [1.54, 1.807) is 0 Å². The van der Waals surface area contributed by atoms with Crippen LogP contribution in [0, 0.1) is 0 Å². The van der Waals surface area contributed by atoms with Crippen molar-refractivity contribution in [2.75, 3.05) is 6.61 Å². The average Bonchev–Trinajstić information content (AvgIpc) is 2.92. The lowest BCUT2D eigenvalue weighted by Gasteiger charge is -2.40. The van der Waals surface area contributed by atoms with Crippen molar-refractivity contribution in [3.05, 3.63) is 0 Å². The molecule has 234 valence electrons. The highest BCUT2D eigenvalue weighted by Gasteiger charge is 2.43. The van der Waals surface area contributed by atoms with Gasteiger partial charge in [-0.2, -0.15) is 0 Å². The third-order valence-corrected chi connectivity index (χ3v) is 8.43. The Bertz CT molecular complexity index is 531. The first-order valence-corrected chi connectivity index (χ1v) is 16.5. The maximum atomic E-state index is 10.3. The fourth-order valence-corrected chi connectivity index (χ4v) is 5.74. The van der Waals surface area contributed by atoms with Gasteiger partial charge in [0, 0.05) is 0 Å². The summed E-state index contributed by atoms with van der Waals surface area (Å²) in [5.74, 6) is 0. The summed E-state index contributed by atoms with van der Waals surface area (Å²) in [4.78, 5) is 0. The molecule has 6 N–H and O–H groups in total. The van der Waals surface area contributed by atoms with Crippen LogP contribution >= 0.6 is 0 Å². The van der Waals surface area contributed by atoms with Crippen molar-refractivity contribution in [1.82, 2.24) is 0 Å². The van der Waals surface area contributed by atoms with Gasteiger partial charge in [0.15, 0.2) is 0 Å². The maximum absolute atomic E-state index is 10.3. The van der Waals surface area contributed by atoms with Gasteiger partial charge in [0.05, 0.1) is 24.9 Å². The number of rotatable bonds is 26. The van der Waals surface area contributed by atoms with Crippen molar-refractivity contribution in [3.63, 3.8) is 0 Å². The van der Waals surface area contributed by atoms with Gasteiger partial charge in [0.1, 0.15) is 24.4 Å². The number of hydrogen-bond acceptors (Lipinski definition) is 7. The Morgan fingerprint density at radius 3 is 1.23 bits per heavy atom. The molecule has 7 nitrogen and oxygen atoms in total. The van der Waals surface area contributed by atoms with Crippen LogP contribution in [-0.2, 0) is 4.74 Å². The van der Waals surface area contributed by atoms with Crippen LogP contribution in [0.2, 0.25) is 0 Å². The largest absolute Gasteiger partial charge is 0.394 e. The van der Waals surface area contributed by atoms with Crippen molar-refractivity contribution in [2.24, 2.45) is 0 Å². The molecule has 1 heterocycles. The third kappa shape index (κ3) is 18.7. The summed E-state index contributed by atoms with van der Waals surface area (Å²) in [5, 5.41) is 58.6. The SMILES string of the molecule is CC(O)CCCCCCCCCCCCCCCCCCCCCC(O)CC[C@H]1O[C@H](CO)[C@@H](O)[C@H](O)[C@H]1O. The van der Waals surface area contributed by atoms with Crippen LogP contribution in [0.15, 0.2) is 0 Å². The van der Waals surface area contributed by atoms with Gasteiger partial charge in [0.2, 0.25) is 0 Å². The molecule has 0 bridgehead atoms. The Hall–Kier alpha value is -0.280. The minimum atomic E-state index is -1.34. The molecule has 0 amide bonds. The highest BCUT2D eigenvalue weighted by Crippen LogP contribution is 2.25. The van der Waals surface area contributed by atoms with Crippen molar-refractivity contribution in [2.45, 2.75) is 197 Å². The first-order valence-electron chi connectivity index (χ1n) is 16.5. The fraction of sp³-hybridized carbons (Fsp3) is 1.00. The third-order valence-electron chi connectivity index (χ3n) is 8.43. The molecule has 0 aromatic rings. The highest BCUT2D eigenvalue weighted by molar-refractivity contribution is 4.92. The summed E-state index contributed by atoms with van der Waals surface area (Å²) < 4.78 is 5.51. The van der Waals surface area contributed by atoms with E-state index in [2.05, 4.69) is 0 Å². The molecule has 0 aliphatic carbocycles. The first kappa shape index (κ1) is 36.7. The molecular weight excluding hydrogens is 496 g/mol. The number of unbranched alkanes of at least 4 members (excludes halogenated alkanes) is 18. The normalized spacial score (nSPS) is 25.2. The Morgan fingerprint density at radius 1 is 0.487 bits per heavy atom. The first-order chi connectivity index (χ1) is 18.9. The van der Waals surface area contributed by atoms with E-state index in [0.717, 1.165) is 25.7 Å². The van der Waals surface area contributed by atoms with E-state index in [-0.39, 0.29) is 6.10 Å². The predicted octanol–water partition coefficient (Wildman–Crippen LogP) is 5.54. The fourth-order valence-electron chi connectivity index (χ4n) is 5.74. The molecule has 1 aliphatic heterocycles. The number of ether oxygens (including phenoxy) is 1. The monoisotopic (exact) mass is 560 g/mol. The molecule has 0 aromatic carbocycles. The number of hydrogen-bond donors (Lipinski definition) is 6. The quantitative estimate of drug-likeness (QED) is 0.0766. The lowest BCUT2D eigenvalue weighted by molar-refractivity contribution is -0.231. The van der Waals surface area contributed by atoms with Crippen LogP contribution in [0.1, 0.15) is 155 Å². The summed E-state index contributed by atoms with van der Waals surface area (Å²) in [6, 6.07) is 0. The number of aliphatic hydroxyl groups is 6. The Kier molecular flexibility index (Phi) is 22.9. The Morgan fingerprint density at radius 2 is 0.846 bits per heavy atom. The number of aliphatic hydroxyl groups excluding tert-OH is 6. The predicted molar refractivity (Wildman–Crippen MR) is 158 cm³/mol. The standard InChI is InChI=1S/C32H64O7/c1-26(34)21-19-17-15-13-11-9-7-5-3-2-4-6-8-10-12-14-16-18-20-22-27(35)23-24-28-30(36)32(38)31(37)29(25-33)39-28/h26-38H,2-25H2,1H3/t26?,27?,28-,29-,30+,31-,32-/m1/s1. The summed E-state index contributed by atoms with van der Waals surface area (Å²) in [6.07, 6.45) is 21.3. The van der Waals surface area contributed by atoms with Crippen LogP contribution in [0.5, 0.6) is 0 Å². The second-order valence-electron chi connectivity index (χ2n) is 12.2. The summed E-state index contributed by atoms with van der Waals surface area (Å²) in [7, 11) is 0. The molecule has 7 atom stereocenters. The summed E-state index contributed by atoms with van der Waals surface area (Å²) >= 11 is 0. The second-order valence-corrected chi connectivity index (χ2v) is 12.2. The molecule has 0 saturated carbocycles. The van der Waals surface area contributed by atoms with E-state index in [0.29, 0.717) is 12.8 Å². The van der Waals surface area contributed by atoms with Gasteiger partial charge in [-0.25, -0.2) is 0 Å². The van der Waals surface area contributed by atoms with Crippen molar-refractivity contribution >= 4 is 0 Å². The van der Waals surface area contributed by atoms with Crippen LogP contribution in [0.3, 0.4) is 0 Å². The maximum Gasteiger partial charge on any atom is 0.111 e. The molecule has 0 aromatic heterocycles. The average molecular weight is 561 g/mol. The van der Waals surface area contributed by atoms with Gasteiger partial charge in [-0.05, 0) is 32.6 Å². The summed E-state index contributed by atoms with van der Waals surface area (Å²) in [6.45, 7) is 1.46. The minimum absolute atomic E-state index is 0.134. The molecule has 0 radical (unpaired) electrons. The van der Waals surface area contributed by atoms with Gasteiger partial charge in [-0.1, -0.05) is 122 Å². The van der Waals surface area contributed by atoms with Crippen molar-refractivity contribution in [3.8, 4) is 0 Å². The molecule has 0 spiro atoms. The topological polar surface area (TPSA) is 131 Å². The van der Waals surface area contributed by atoms with Crippen LogP contribution in [-0.4, -0.2) is 80.0 Å². The van der Waals surface area contributed by atoms with E-state index in [4.69, 9.17) is 4.74 Å². The zero-order chi connectivity index (χ0) is 28.7. The molecule has 2 unspecified atom stereocenters. The lowest BCUT2D eigenvalue weighted by Crippen LogP contribution is -2.58. The molecular formula is C32H64O7. The van der Waals surface area contributed by atoms with Crippen LogP contribution < -0.4 is 0 Å². The molecule has 1 fully saturated rings. The minimum Gasteiger partial charge on any atom is -0.394 e. The Labute approximate surface area is 239 Å². The van der Waals surface area contributed by atoms with E-state index in [1.165, 1.54) is 109 Å². The molecule has 1 aliphatic rings. The van der Waals surface area contributed by atoms with E-state index in [1.807, 2.05) is 6.92 Å².